The van der Waals surface area contributed by atoms with Crippen LogP contribution in [0.5, 0.6) is 0 Å². The van der Waals surface area contributed by atoms with E-state index in [0.29, 0.717) is 12.8 Å². The molecule has 2 N–H and O–H groups in total. The summed E-state index contributed by atoms with van der Waals surface area (Å²) in [5.41, 5.74) is 0. The molecule has 0 spiro atoms. The van der Waals surface area contributed by atoms with Crippen molar-refractivity contribution in [2.75, 3.05) is 26.4 Å². The zero-order valence-corrected chi connectivity index (χ0v) is 23.3. The van der Waals surface area contributed by atoms with Gasteiger partial charge in [-0.15, -0.1) is 0 Å². The summed E-state index contributed by atoms with van der Waals surface area (Å²) >= 11 is 0. The molecule has 0 aromatic heterocycles. The van der Waals surface area contributed by atoms with E-state index in [9.17, 15) is 45.1 Å². The molecule has 0 rings (SSSR count). The van der Waals surface area contributed by atoms with E-state index in [1.807, 2.05) is 13.8 Å². The van der Waals surface area contributed by atoms with Crippen LogP contribution in [0.4, 0.5) is 0 Å². The van der Waals surface area contributed by atoms with Gasteiger partial charge in [0.25, 0.3) is 20.2 Å². The van der Waals surface area contributed by atoms with Gasteiger partial charge in [-0.05, 0) is 12.8 Å². The first-order chi connectivity index (χ1) is 17.7. The Balaban J connectivity index is 4.74. The summed E-state index contributed by atoms with van der Waals surface area (Å²) in [4.78, 5) is 47.8. The summed E-state index contributed by atoms with van der Waals surface area (Å²) in [5, 5.41) is -4.59. The number of rotatable bonds is 21. The van der Waals surface area contributed by atoms with Crippen molar-refractivity contribution in [1.82, 2.24) is 0 Å². The fourth-order valence-electron chi connectivity index (χ4n) is 2.94. The van der Waals surface area contributed by atoms with E-state index in [1.54, 1.807) is 0 Å². The first-order valence-electron chi connectivity index (χ1n) is 12.3. The van der Waals surface area contributed by atoms with Crippen LogP contribution in [0, 0.1) is 0 Å². The molecule has 2 unspecified atom stereocenters. The molecular formula is C22H38O14S2. The van der Waals surface area contributed by atoms with Crippen molar-refractivity contribution in [3.63, 3.8) is 0 Å². The number of hydrogen-bond acceptors (Lipinski definition) is 12. The van der Waals surface area contributed by atoms with Crippen molar-refractivity contribution in [2.45, 2.75) is 88.6 Å². The van der Waals surface area contributed by atoms with E-state index < -0.39 is 80.7 Å². The molecule has 0 aromatic carbocycles. The normalized spacial score (nSPS) is 13.3. The maximum Gasteiger partial charge on any atom is 0.327 e. The number of hydrogen-bond donors (Lipinski definition) is 2. The lowest BCUT2D eigenvalue weighted by Crippen LogP contribution is -2.36. The number of carbonyl (C=O) groups excluding carboxylic acids is 4. The van der Waals surface area contributed by atoms with Crippen LogP contribution in [0.3, 0.4) is 0 Å². The second-order valence-corrected chi connectivity index (χ2v) is 11.5. The average molecular weight is 591 g/mol. The molecule has 0 fully saturated rings. The van der Waals surface area contributed by atoms with Crippen LogP contribution in [0.25, 0.3) is 0 Å². The molecule has 0 aliphatic rings. The predicted octanol–water partition coefficient (Wildman–Crippen LogP) is 1.61. The summed E-state index contributed by atoms with van der Waals surface area (Å²) in [7, 11) is -10.1. The molecule has 0 aromatic rings. The molecule has 0 aliphatic carbocycles. The number of ether oxygens (including phenoxy) is 4. The molecule has 16 heteroatoms. The monoisotopic (exact) mass is 590 g/mol. The van der Waals surface area contributed by atoms with Gasteiger partial charge >= 0.3 is 23.9 Å². The van der Waals surface area contributed by atoms with Gasteiger partial charge in [-0.2, -0.15) is 16.8 Å². The summed E-state index contributed by atoms with van der Waals surface area (Å²) in [6, 6.07) is 0. The Labute approximate surface area is 223 Å². The first kappa shape index (κ1) is 35.7. The molecule has 222 valence electrons. The molecule has 2 atom stereocenters. The summed E-state index contributed by atoms with van der Waals surface area (Å²) in [6.07, 6.45) is 4.32. The van der Waals surface area contributed by atoms with Crippen LogP contribution in [0.2, 0.25) is 0 Å². The highest BCUT2D eigenvalue weighted by molar-refractivity contribution is 7.87. The lowest BCUT2D eigenvalue weighted by Gasteiger charge is -2.15. The highest BCUT2D eigenvalue weighted by Crippen LogP contribution is 2.11. The Morgan fingerprint density at radius 2 is 0.895 bits per heavy atom. The van der Waals surface area contributed by atoms with Gasteiger partial charge in [-0.1, -0.05) is 52.4 Å². The van der Waals surface area contributed by atoms with E-state index in [4.69, 9.17) is 9.47 Å². The molecule has 0 saturated heterocycles. The molecule has 0 aliphatic heterocycles. The van der Waals surface area contributed by atoms with Gasteiger partial charge in [0.2, 0.25) is 0 Å². The van der Waals surface area contributed by atoms with Gasteiger partial charge < -0.3 is 18.9 Å². The van der Waals surface area contributed by atoms with Crippen LogP contribution >= 0.6 is 0 Å². The highest BCUT2D eigenvalue weighted by Gasteiger charge is 2.37. The molecule has 0 heterocycles. The topological polar surface area (TPSA) is 214 Å². The fraction of sp³-hybridized carbons (Fsp3) is 0.818. The second-order valence-electron chi connectivity index (χ2n) is 8.31. The van der Waals surface area contributed by atoms with Crippen molar-refractivity contribution >= 4 is 44.1 Å². The van der Waals surface area contributed by atoms with Crippen LogP contribution in [0.1, 0.15) is 78.1 Å². The van der Waals surface area contributed by atoms with Gasteiger partial charge in [-0.3, -0.25) is 28.3 Å². The lowest BCUT2D eigenvalue weighted by molar-refractivity contribution is -0.155. The Kier molecular flexibility index (Phi) is 17.7. The maximum absolute atomic E-state index is 12.1. The zero-order valence-electron chi connectivity index (χ0n) is 21.7. The maximum atomic E-state index is 12.1. The standard InChI is InChI=1S/C22H38O14S2/c1-3-5-7-9-11-33-19(23)15-17(37(27,28)29)21(25)35-13-14-36-22(26)18(38(30,31)32)16-20(24)34-12-10-8-6-4-2/h17-18H,3-16H2,1-2H3,(H,27,28,29)(H,30,31,32). The van der Waals surface area contributed by atoms with E-state index >= 15 is 0 Å². The number of carbonyl (C=O) groups is 4. The van der Waals surface area contributed by atoms with Crippen molar-refractivity contribution in [1.29, 1.82) is 0 Å². The Morgan fingerprint density at radius 3 is 1.18 bits per heavy atom. The van der Waals surface area contributed by atoms with Crippen molar-refractivity contribution in [3.8, 4) is 0 Å². The van der Waals surface area contributed by atoms with Gasteiger partial charge in [0.1, 0.15) is 13.2 Å². The minimum Gasteiger partial charge on any atom is -0.466 e. The van der Waals surface area contributed by atoms with Crippen molar-refractivity contribution in [2.24, 2.45) is 0 Å². The molecule has 0 saturated carbocycles. The second kappa shape index (κ2) is 18.9. The molecular weight excluding hydrogens is 552 g/mol. The zero-order chi connectivity index (χ0) is 29.2. The average Bonchev–Trinajstić information content (AvgIpc) is 2.81. The highest BCUT2D eigenvalue weighted by atomic mass is 32.2. The SMILES string of the molecule is CCCCCCOC(=O)CC(C(=O)OCCOC(=O)C(CC(=O)OCCCCCC)S(=O)(=O)O)S(=O)(=O)O. The molecule has 14 nitrogen and oxygen atoms in total. The smallest absolute Gasteiger partial charge is 0.327 e. The van der Waals surface area contributed by atoms with E-state index in [-0.39, 0.29) is 13.2 Å². The Hall–Kier alpha value is -2.30. The number of unbranched alkanes of at least 4 members (excludes halogenated alkanes) is 6. The molecule has 0 amide bonds. The van der Waals surface area contributed by atoms with Gasteiger partial charge in [-0.25, -0.2) is 0 Å². The van der Waals surface area contributed by atoms with Gasteiger partial charge in [0.05, 0.1) is 26.1 Å². The predicted molar refractivity (Wildman–Crippen MR) is 132 cm³/mol. The molecule has 38 heavy (non-hydrogen) atoms. The largest absolute Gasteiger partial charge is 0.466 e. The minimum absolute atomic E-state index is 0.00333. The van der Waals surface area contributed by atoms with Crippen LogP contribution < -0.4 is 0 Å². The number of esters is 4. The summed E-state index contributed by atoms with van der Waals surface area (Å²) < 4.78 is 83.5. The first-order valence-corrected chi connectivity index (χ1v) is 15.3. The minimum atomic E-state index is -5.06. The Bertz CT molecular complexity index is 881. The van der Waals surface area contributed by atoms with E-state index in [0.717, 1.165) is 38.5 Å². The summed E-state index contributed by atoms with van der Waals surface area (Å²) in [5.74, 6) is -5.18. The summed E-state index contributed by atoms with van der Waals surface area (Å²) in [6.45, 7) is 2.39. The van der Waals surface area contributed by atoms with Crippen LogP contribution in [-0.2, 0) is 58.4 Å². The van der Waals surface area contributed by atoms with E-state index in [1.165, 1.54) is 0 Å². The van der Waals surface area contributed by atoms with Crippen molar-refractivity contribution < 1.29 is 64.1 Å². The fourth-order valence-corrected chi connectivity index (χ4v) is 4.26. The van der Waals surface area contributed by atoms with E-state index in [2.05, 4.69) is 9.47 Å². The lowest BCUT2D eigenvalue weighted by atomic mass is 10.2. The van der Waals surface area contributed by atoms with Gasteiger partial charge in [0.15, 0.2) is 10.5 Å². The van der Waals surface area contributed by atoms with Gasteiger partial charge in [0, 0.05) is 0 Å². The third kappa shape index (κ3) is 16.5. The van der Waals surface area contributed by atoms with Crippen molar-refractivity contribution in [3.05, 3.63) is 0 Å². The molecule has 0 radical (unpaired) electrons. The third-order valence-electron chi connectivity index (χ3n) is 5.04. The quantitative estimate of drug-likeness (QED) is 0.0841. The molecule has 0 bridgehead atoms. The van der Waals surface area contributed by atoms with Crippen LogP contribution in [0.15, 0.2) is 0 Å². The Morgan fingerprint density at radius 1 is 0.553 bits per heavy atom. The van der Waals surface area contributed by atoms with Crippen LogP contribution in [-0.4, -0.2) is 86.7 Å². The third-order valence-corrected chi connectivity index (χ3v) is 7.20.